The van der Waals surface area contributed by atoms with Gasteiger partial charge in [-0.15, -0.1) is 11.3 Å². The van der Waals surface area contributed by atoms with E-state index < -0.39 is 18.6 Å². The van der Waals surface area contributed by atoms with Gasteiger partial charge >= 0.3 is 6.18 Å². The van der Waals surface area contributed by atoms with Crippen molar-refractivity contribution in [1.82, 2.24) is 24.8 Å². The van der Waals surface area contributed by atoms with Gasteiger partial charge in [-0.05, 0) is 48.8 Å². The Morgan fingerprint density at radius 3 is 2.63 bits per heavy atom. The average molecular weight is 504 g/mol. The van der Waals surface area contributed by atoms with Crippen LogP contribution in [0.3, 0.4) is 0 Å². The zero-order valence-electron chi connectivity index (χ0n) is 19.2. The molecule has 3 aromatic heterocycles. The van der Waals surface area contributed by atoms with Crippen molar-refractivity contribution >= 4 is 22.9 Å². The number of nitrogens with zero attached hydrogens (tertiary/aromatic N) is 4. The number of rotatable bonds is 9. The van der Waals surface area contributed by atoms with E-state index in [-0.39, 0.29) is 6.42 Å². The molecule has 0 saturated carbocycles. The molecule has 4 rings (SSSR count). The normalized spacial score (nSPS) is 11.8. The van der Waals surface area contributed by atoms with Gasteiger partial charge in [0, 0.05) is 34.9 Å². The lowest BCUT2D eigenvalue weighted by atomic mass is 10.1. The molecule has 0 spiro atoms. The maximum atomic E-state index is 12.3. The summed E-state index contributed by atoms with van der Waals surface area (Å²) in [7, 11) is 3.99. The monoisotopic (exact) mass is 503 g/mol. The minimum atomic E-state index is -4.43. The molecule has 11 heteroatoms. The van der Waals surface area contributed by atoms with Crippen molar-refractivity contribution in [3.8, 4) is 28.0 Å². The van der Waals surface area contributed by atoms with Gasteiger partial charge in [0.25, 0.3) is 0 Å². The van der Waals surface area contributed by atoms with E-state index in [1.54, 1.807) is 23.0 Å². The van der Waals surface area contributed by atoms with Gasteiger partial charge in [0.05, 0.1) is 12.6 Å². The van der Waals surface area contributed by atoms with Crippen LogP contribution in [0.5, 0.6) is 5.75 Å². The topological polar surface area (TPSA) is 71.8 Å². The Bertz CT molecular complexity index is 1300. The number of fused-ring (bicyclic) bond motifs is 1. The second-order valence-electron chi connectivity index (χ2n) is 8.22. The number of thiophene rings is 1. The van der Waals surface area contributed by atoms with Gasteiger partial charge in [-0.2, -0.15) is 18.3 Å². The third-order valence-electron chi connectivity index (χ3n) is 5.14. The van der Waals surface area contributed by atoms with Crippen molar-refractivity contribution in [2.45, 2.75) is 12.6 Å². The number of amides is 1. The number of likely N-dealkylation sites (N-methyl/N-ethyl adjacent to an activating group) is 1. The highest BCUT2D eigenvalue weighted by atomic mass is 32.1. The number of carbonyl (C=O) groups excluding carboxylic acids is 1. The zero-order chi connectivity index (χ0) is 25.0. The molecule has 0 aliphatic rings. The summed E-state index contributed by atoms with van der Waals surface area (Å²) in [5.41, 5.74) is 4.09. The van der Waals surface area contributed by atoms with Crippen molar-refractivity contribution in [1.29, 1.82) is 0 Å². The molecule has 0 bridgehead atoms. The first-order valence-electron chi connectivity index (χ1n) is 10.8. The first kappa shape index (κ1) is 24.7. The van der Waals surface area contributed by atoms with Crippen LogP contribution in [0, 0.1) is 0 Å². The number of hydrogen-bond donors (Lipinski definition) is 1. The van der Waals surface area contributed by atoms with Crippen LogP contribution in [0.1, 0.15) is 4.88 Å². The molecule has 3 heterocycles. The van der Waals surface area contributed by atoms with Crippen molar-refractivity contribution in [3.05, 3.63) is 59.2 Å². The molecule has 0 saturated heterocycles. The molecule has 0 radical (unpaired) electrons. The summed E-state index contributed by atoms with van der Waals surface area (Å²) in [5, 5.41) is 8.14. The van der Waals surface area contributed by atoms with E-state index in [4.69, 9.17) is 4.74 Å². The van der Waals surface area contributed by atoms with Crippen LogP contribution in [-0.2, 0) is 11.2 Å². The minimum absolute atomic E-state index is 0.119. The quantitative estimate of drug-likeness (QED) is 0.369. The molecule has 7 nitrogen and oxygen atoms in total. The summed E-state index contributed by atoms with van der Waals surface area (Å²) >= 11 is 1.30. The maximum absolute atomic E-state index is 12.3. The Hall–Kier alpha value is -3.44. The van der Waals surface area contributed by atoms with Crippen LogP contribution in [-0.4, -0.2) is 65.4 Å². The third-order valence-corrected chi connectivity index (χ3v) is 6.07. The molecule has 4 aromatic rings. The van der Waals surface area contributed by atoms with Crippen molar-refractivity contribution in [3.63, 3.8) is 0 Å². The summed E-state index contributed by atoms with van der Waals surface area (Å²) in [4.78, 5) is 19.1. The number of benzene rings is 1. The van der Waals surface area contributed by atoms with Gasteiger partial charge < -0.3 is 15.0 Å². The third kappa shape index (κ3) is 6.58. The van der Waals surface area contributed by atoms with Crippen LogP contribution in [0.15, 0.2) is 54.3 Å². The van der Waals surface area contributed by atoms with Gasteiger partial charge in [0.1, 0.15) is 18.9 Å². The molecule has 184 valence electrons. The Labute approximate surface area is 204 Å². The van der Waals surface area contributed by atoms with Gasteiger partial charge in [-0.25, -0.2) is 9.50 Å². The van der Waals surface area contributed by atoms with E-state index in [0.29, 0.717) is 17.1 Å². The fourth-order valence-electron chi connectivity index (χ4n) is 3.35. The van der Waals surface area contributed by atoms with E-state index in [1.165, 1.54) is 11.3 Å². The minimum Gasteiger partial charge on any atom is -0.492 e. The van der Waals surface area contributed by atoms with Gasteiger partial charge in [-0.3, -0.25) is 4.79 Å². The summed E-state index contributed by atoms with van der Waals surface area (Å²) in [6.07, 6.45) is 0.779. The van der Waals surface area contributed by atoms with E-state index >= 15 is 0 Å². The maximum Gasteiger partial charge on any atom is 0.405 e. The van der Waals surface area contributed by atoms with Crippen molar-refractivity contribution in [2.75, 3.05) is 33.8 Å². The number of halogens is 3. The van der Waals surface area contributed by atoms with Crippen molar-refractivity contribution in [2.24, 2.45) is 0 Å². The fraction of sp³-hybridized carbons (Fsp3) is 0.292. The molecule has 1 N–H and O–H groups in total. The predicted molar refractivity (Wildman–Crippen MR) is 129 cm³/mol. The highest BCUT2D eigenvalue weighted by molar-refractivity contribution is 7.10. The summed E-state index contributed by atoms with van der Waals surface area (Å²) in [6, 6.07) is 9.54. The van der Waals surface area contributed by atoms with Crippen LogP contribution in [0.25, 0.3) is 27.9 Å². The second kappa shape index (κ2) is 10.4. The largest absolute Gasteiger partial charge is 0.492 e. The highest BCUT2D eigenvalue weighted by Gasteiger charge is 2.27. The highest BCUT2D eigenvalue weighted by Crippen LogP contribution is 2.30. The van der Waals surface area contributed by atoms with Crippen molar-refractivity contribution < 1.29 is 22.7 Å². The molecule has 0 atom stereocenters. The molecule has 0 fully saturated rings. The summed E-state index contributed by atoms with van der Waals surface area (Å²) < 4.78 is 44.3. The Morgan fingerprint density at radius 2 is 1.91 bits per heavy atom. The number of nitrogens with one attached hydrogen (secondary N) is 1. The molecule has 1 aromatic carbocycles. The molecule has 1 amide bonds. The molecular weight excluding hydrogens is 479 g/mol. The molecule has 35 heavy (non-hydrogen) atoms. The van der Waals surface area contributed by atoms with E-state index in [0.717, 1.165) is 34.5 Å². The number of aromatic nitrogens is 3. The number of ether oxygens (including phenoxy) is 1. The molecule has 0 aliphatic carbocycles. The van der Waals surface area contributed by atoms with Crippen LogP contribution < -0.4 is 10.1 Å². The molecule has 0 aliphatic heterocycles. The Kier molecular flexibility index (Phi) is 7.37. The fourth-order valence-corrected chi connectivity index (χ4v) is 4.23. The average Bonchev–Trinajstić information content (AvgIpc) is 3.44. The first-order chi connectivity index (χ1) is 16.7. The zero-order valence-corrected chi connectivity index (χ0v) is 20.0. The number of hydrogen-bond acceptors (Lipinski definition) is 6. The van der Waals surface area contributed by atoms with E-state index in [9.17, 15) is 18.0 Å². The Balaban J connectivity index is 1.44. The summed E-state index contributed by atoms with van der Waals surface area (Å²) in [5.74, 6) is 0.124. The lowest BCUT2D eigenvalue weighted by molar-refractivity contribution is -0.138. The molecule has 0 unspecified atom stereocenters. The standard InChI is InChI=1S/C24H24F3N5O2S/c1-31(2)7-8-34-19-5-3-16(4-6-19)18-11-28-23-21(12-30-32(23)13-18)17-9-20(35-14-17)10-22(33)29-15-24(25,26)27/h3-6,9,11-14H,7-8,10,15H2,1-2H3,(H,29,33). The SMILES string of the molecule is CN(C)CCOc1ccc(-c2cnc3c(-c4csc(CC(=O)NCC(F)(F)F)c4)cnn3c2)cc1. The van der Waals surface area contributed by atoms with Crippen LogP contribution in [0.4, 0.5) is 13.2 Å². The van der Waals surface area contributed by atoms with E-state index in [2.05, 4.69) is 15.0 Å². The lowest BCUT2D eigenvalue weighted by Crippen LogP contribution is -2.34. The number of alkyl halides is 3. The van der Waals surface area contributed by atoms with Gasteiger partial charge in [0.2, 0.25) is 5.91 Å². The smallest absolute Gasteiger partial charge is 0.405 e. The first-order valence-corrected chi connectivity index (χ1v) is 11.7. The molecular formula is C24H24F3N5O2S. The number of carbonyl (C=O) groups is 1. The van der Waals surface area contributed by atoms with Gasteiger partial charge in [-0.1, -0.05) is 12.1 Å². The predicted octanol–water partition coefficient (Wildman–Crippen LogP) is 4.29. The summed E-state index contributed by atoms with van der Waals surface area (Å²) in [6.45, 7) is 0.107. The lowest BCUT2D eigenvalue weighted by Gasteiger charge is -2.11. The van der Waals surface area contributed by atoms with E-state index in [1.807, 2.05) is 55.3 Å². The van der Waals surface area contributed by atoms with Gasteiger partial charge in [0.15, 0.2) is 5.65 Å². The van der Waals surface area contributed by atoms with Crippen LogP contribution >= 0.6 is 11.3 Å². The Morgan fingerprint density at radius 1 is 1.14 bits per heavy atom. The van der Waals surface area contributed by atoms with Crippen LogP contribution in [0.2, 0.25) is 0 Å². The second-order valence-corrected chi connectivity index (χ2v) is 9.21.